The molecule has 0 saturated heterocycles. The average molecular weight is 393 g/mol. The van der Waals surface area contributed by atoms with E-state index in [0.717, 1.165) is 22.0 Å². The molecule has 1 heterocycles. The molecule has 2 aromatic carbocycles. The molecular weight excluding hydrogens is 370 g/mol. The van der Waals surface area contributed by atoms with E-state index in [-0.39, 0.29) is 18.7 Å². The molecule has 3 rings (SSSR count). The summed E-state index contributed by atoms with van der Waals surface area (Å²) in [7, 11) is 0. The lowest BCUT2D eigenvalue weighted by Crippen LogP contribution is -2.52. The number of fused-ring (bicyclic) bond motifs is 1. The zero-order valence-corrected chi connectivity index (χ0v) is 16.0. The molecule has 0 radical (unpaired) electrons. The number of rotatable bonds is 8. The maximum absolute atomic E-state index is 12.8. The molecule has 150 valence electrons. The maximum Gasteiger partial charge on any atom is 0.326 e. The first-order valence-corrected chi connectivity index (χ1v) is 9.33. The molecule has 0 fully saturated rings. The standard InChI is InChI=1S/C22H23N3O4/c1-14(26)24-19(11-15-7-3-2-4-8-15)21(27)25-20(22(28)29)12-16-13-23-18-10-6-5-9-17(16)18/h2-10,13,19-20,23H,11-12H2,1H3,(H,24,26)(H,25,27)(H,28,29)/t19-,20-/m1/s1. The third-order valence-corrected chi connectivity index (χ3v) is 4.69. The van der Waals surface area contributed by atoms with E-state index in [2.05, 4.69) is 15.6 Å². The average Bonchev–Trinajstić information content (AvgIpc) is 3.10. The summed E-state index contributed by atoms with van der Waals surface area (Å²) in [6, 6.07) is 14.8. The van der Waals surface area contributed by atoms with Crippen molar-refractivity contribution in [2.75, 3.05) is 0 Å². The number of aromatic nitrogens is 1. The van der Waals surface area contributed by atoms with Crippen LogP contribution >= 0.6 is 0 Å². The molecule has 3 aromatic rings. The lowest BCUT2D eigenvalue weighted by molar-refractivity contribution is -0.142. The molecule has 4 N–H and O–H groups in total. The SMILES string of the molecule is CC(=O)N[C@H](Cc1ccccc1)C(=O)N[C@H](Cc1c[nH]c2ccccc12)C(=O)O. The number of benzene rings is 2. The molecule has 7 heteroatoms. The van der Waals surface area contributed by atoms with E-state index in [1.54, 1.807) is 6.20 Å². The van der Waals surface area contributed by atoms with Crippen molar-refractivity contribution >= 4 is 28.7 Å². The fourth-order valence-electron chi connectivity index (χ4n) is 3.30. The van der Waals surface area contributed by atoms with E-state index in [1.165, 1.54) is 6.92 Å². The van der Waals surface area contributed by atoms with E-state index >= 15 is 0 Å². The molecular formula is C22H23N3O4. The summed E-state index contributed by atoms with van der Waals surface area (Å²) in [5, 5.41) is 15.7. The van der Waals surface area contributed by atoms with Gasteiger partial charge in [-0.2, -0.15) is 0 Å². The van der Waals surface area contributed by atoms with E-state index in [4.69, 9.17) is 0 Å². The van der Waals surface area contributed by atoms with Crippen LogP contribution in [0.5, 0.6) is 0 Å². The summed E-state index contributed by atoms with van der Waals surface area (Å²) in [5.74, 6) is -2.02. The molecule has 0 aliphatic carbocycles. The van der Waals surface area contributed by atoms with Gasteiger partial charge in [-0.1, -0.05) is 48.5 Å². The highest BCUT2D eigenvalue weighted by atomic mass is 16.4. The van der Waals surface area contributed by atoms with Gasteiger partial charge in [0.05, 0.1) is 0 Å². The molecule has 29 heavy (non-hydrogen) atoms. The summed E-state index contributed by atoms with van der Waals surface area (Å²) in [6.45, 7) is 1.33. The Kier molecular flexibility index (Phi) is 6.29. The summed E-state index contributed by atoms with van der Waals surface area (Å²) in [6.07, 6.45) is 2.15. The minimum absolute atomic E-state index is 0.128. The normalized spacial score (nSPS) is 12.9. The van der Waals surface area contributed by atoms with Crippen molar-refractivity contribution in [1.29, 1.82) is 0 Å². The monoisotopic (exact) mass is 393 g/mol. The topological polar surface area (TPSA) is 111 Å². The third kappa shape index (κ3) is 5.22. The number of hydrogen-bond acceptors (Lipinski definition) is 3. The van der Waals surface area contributed by atoms with Crippen LogP contribution in [0.2, 0.25) is 0 Å². The van der Waals surface area contributed by atoms with Crippen LogP contribution in [0.1, 0.15) is 18.1 Å². The van der Waals surface area contributed by atoms with Crippen LogP contribution in [-0.4, -0.2) is 40.0 Å². The third-order valence-electron chi connectivity index (χ3n) is 4.69. The second-order valence-corrected chi connectivity index (χ2v) is 6.91. The number of carboxylic acid groups (broad SMARTS) is 1. The van der Waals surface area contributed by atoms with Gasteiger partial charge in [-0.25, -0.2) is 4.79 Å². The van der Waals surface area contributed by atoms with Gasteiger partial charge in [0.2, 0.25) is 11.8 Å². The number of carbonyl (C=O) groups excluding carboxylic acids is 2. The smallest absolute Gasteiger partial charge is 0.326 e. The minimum atomic E-state index is -1.13. The summed E-state index contributed by atoms with van der Waals surface area (Å²) >= 11 is 0. The van der Waals surface area contributed by atoms with Crippen LogP contribution in [-0.2, 0) is 27.2 Å². The van der Waals surface area contributed by atoms with Crippen molar-refractivity contribution in [2.24, 2.45) is 0 Å². The van der Waals surface area contributed by atoms with E-state index < -0.39 is 24.0 Å². The molecule has 0 aliphatic heterocycles. The van der Waals surface area contributed by atoms with Crippen molar-refractivity contribution in [3.63, 3.8) is 0 Å². The minimum Gasteiger partial charge on any atom is -0.480 e. The van der Waals surface area contributed by atoms with Crippen LogP contribution in [0.4, 0.5) is 0 Å². The molecule has 7 nitrogen and oxygen atoms in total. The lowest BCUT2D eigenvalue weighted by atomic mass is 10.0. The van der Waals surface area contributed by atoms with Crippen molar-refractivity contribution in [3.05, 3.63) is 71.9 Å². The Morgan fingerprint density at radius 2 is 1.62 bits per heavy atom. The highest BCUT2D eigenvalue weighted by Crippen LogP contribution is 2.19. The predicted molar refractivity (Wildman–Crippen MR) is 109 cm³/mol. The molecule has 1 aromatic heterocycles. The number of nitrogens with one attached hydrogen (secondary N) is 3. The highest BCUT2D eigenvalue weighted by Gasteiger charge is 2.27. The van der Waals surface area contributed by atoms with Crippen LogP contribution in [0.15, 0.2) is 60.8 Å². The predicted octanol–water partition coefficient (Wildman–Crippen LogP) is 2.03. The van der Waals surface area contributed by atoms with Gasteiger partial charge >= 0.3 is 5.97 Å². The fraction of sp³-hybridized carbons (Fsp3) is 0.227. The molecule has 0 spiro atoms. The number of hydrogen-bond donors (Lipinski definition) is 4. The summed E-state index contributed by atoms with van der Waals surface area (Å²) < 4.78 is 0. The second kappa shape index (κ2) is 9.05. The van der Waals surface area contributed by atoms with Crippen LogP contribution in [0.25, 0.3) is 10.9 Å². The number of aliphatic carboxylic acids is 1. The lowest BCUT2D eigenvalue weighted by Gasteiger charge is -2.21. The first-order chi connectivity index (χ1) is 13.9. The van der Waals surface area contributed by atoms with Crippen molar-refractivity contribution in [3.8, 4) is 0 Å². The number of carboxylic acids is 1. The van der Waals surface area contributed by atoms with Gasteiger partial charge in [0.15, 0.2) is 0 Å². The second-order valence-electron chi connectivity index (χ2n) is 6.91. The summed E-state index contributed by atoms with van der Waals surface area (Å²) in [4.78, 5) is 39.2. The zero-order valence-electron chi connectivity index (χ0n) is 16.0. The maximum atomic E-state index is 12.8. The number of carbonyl (C=O) groups is 3. The largest absolute Gasteiger partial charge is 0.480 e. The Morgan fingerprint density at radius 1 is 0.931 bits per heavy atom. The van der Waals surface area contributed by atoms with Crippen LogP contribution < -0.4 is 10.6 Å². The van der Waals surface area contributed by atoms with Gasteiger partial charge < -0.3 is 20.7 Å². The number of aromatic amines is 1. The molecule has 2 atom stereocenters. The Morgan fingerprint density at radius 3 is 2.31 bits per heavy atom. The molecule has 0 bridgehead atoms. The Balaban J connectivity index is 1.75. The fourth-order valence-corrected chi connectivity index (χ4v) is 3.30. The van der Waals surface area contributed by atoms with Gasteiger partial charge in [-0.15, -0.1) is 0 Å². The molecule has 2 amide bonds. The number of amides is 2. The molecule has 0 aliphatic rings. The Hall–Kier alpha value is -3.61. The molecule has 0 saturated carbocycles. The zero-order chi connectivity index (χ0) is 20.8. The van der Waals surface area contributed by atoms with E-state index in [9.17, 15) is 19.5 Å². The highest BCUT2D eigenvalue weighted by molar-refractivity contribution is 5.91. The van der Waals surface area contributed by atoms with Crippen molar-refractivity contribution in [1.82, 2.24) is 15.6 Å². The molecule has 0 unspecified atom stereocenters. The number of H-pyrrole nitrogens is 1. The van der Waals surface area contributed by atoms with Crippen LogP contribution in [0.3, 0.4) is 0 Å². The summed E-state index contributed by atoms with van der Waals surface area (Å²) in [5.41, 5.74) is 2.57. The van der Waals surface area contributed by atoms with Gasteiger partial charge in [-0.05, 0) is 17.2 Å². The first-order valence-electron chi connectivity index (χ1n) is 9.33. The van der Waals surface area contributed by atoms with E-state index in [0.29, 0.717) is 0 Å². The number of para-hydroxylation sites is 1. The van der Waals surface area contributed by atoms with E-state index in [1.807, 2.05) is 54.6 Å². The van der Waals surface area contributed by atoms with Crippen molar-refractivity contribution < 1.29 is 19.5 Å². The van der Waals surface area contributed by atoms with Gasteiger partial charge in [0, 0.05) is 36.9 Å². The van der Waals surface area contributed by atoms with Crippen molar-refractivity contribution in [2.45, 2.75) is 31.8 Å². The quantitative estimate of drug-likeness (QED) is 0.469. The Bertz CT molecular complexity index is 1010. The van der Waals surface area contributed by atoms with Gasteiger partial charge in [-0.3, -0.25) is 9.59 Å². The first kappa shape index (κ1) is 20.1. The Labute approximate surface area is 168 Å². The van der Waals surface area contributed by atoms with Gasteiger partial charge in [0.1, 0.15) is 12.1 Å². The van der Waals surface area contributed by atoms with Gasteiger partial charge in [0.25, 0.3) is 0 Å². The van der Waals surface area contributed by atoms with Crippen LogP contribution in [0, 0.1) is 0 Å².